The Bertz CT molecular complexity index is 2270. The summed E-state index contributed by atoms with van der Waals surface area (Å²) in [5, 5.41) is 17.2. The zero-order valence-corrected chi connectivity index (χ0v) is 29.9. The van der Waals surface area contributed by atoms with E-state index in [1.165, 1.54) is 42.1 Å². The first kappa shape index (κ1) is 36.1. The molecule has 0 radical (unpaired) electrons. The molecule has 270 valence electrons. The third kappa shape index (κ3) is 7.11. The number of aromatic hydroxyl groups is 1. The van der Waals surface area contributed by atoms with Crippen LogP contribution < -0.4 is 20.0 Å². The highest BCUT2D eigenvalue weighted by Crippen LogP contribution is 2.39. The average Bonchev–Trinajstić information content (AvgIpc) is 3.42. The number of hydrogen-bond acceptors (Lipinski definition) is 9. The minimum Gasteiger partial charge on any atom is -0.506 e. The fraction of sp³-hybridized carbons (Fsp3) is 0.195. The molecule has 0 aromatic heterocycles. The molecule has 5 aromatic rings. The largest absolute Gasteiger partial charge is 0.506 e. The molecule has 0 aliphatic carbocycles. The Labute approximate surface area is 306 Å². The summed E-state index contributed by atoms with van der Waals surface area (Å²) in [7, 11) is 1.43. The number of nitrogens with one attached hydrogen (secondary N) is 1. The Morgan fingerprint density at radius 1 is 0.868 bits per heavy atom. The molecule has 1 saturated heterocycles. The summed E-state index contributed by atoms with van der Waals surface area (Å²) in [5.74, 6) is -2.90. The third-order valence-electron chi connectivity index (χ3n) is 9.12. The number of esters is 2. The lowest BCUT2D eigenvalue weighted by Crippen LogP contribution is -2.50. The maximum atomic E-state index is 14.3. The van der Waals surface area contributed by atoms with Gasteiger partial charge in [0.15, 0.2) is 0 Å². The van der Waals surface area contributed by atoms with E-state index in [1.807, 2.05) is 32.0 Å². The number of anilines is 3. The van der Waals surface area contributed by atoms with Gasteiger partial charge in [0.05, 0.1) is 29.0 Å². The van der Waals surface area contributed by atoms with E-state index in [2.05, 4.69) is 5.32 Å². The molecule has 12 heteroatoms. The maximum absolute atomic E-state index is 14.3. The number of benzene rings is 5. The Kier molecular flexibility index (Phi) is 9.88. The number of amides is 4. The number of fused-ring (bicyclic) bond motifs is 1. The van der Waals surface area contributed by atoms with E-state index < -0.39 is 35.2 Å². The molecule has 1 unspecified atom stereocenters. The predicted molar refractivity (Wildman–Crippen MR) is 200 cm³/mol. The molecule has 5 aromatic carbocycles. The van der Waals surface area contributed by atoms with Gasteiger partial charge in [-0.1, -0.05) is 66.7 Å². The van der Waals surface area contributed by atoms with E-state index in [0.717, 1.165) is 16.1 Å². The van der Waals surface area contributed by atoms with Gasteiger partial charge in [-0.3, -0.25) is 24.3 Å². The number of hydrazine groups is 1. The van der Waals surface area contributed by atoms with E-state index >= 15 is 0 Å². The van der Waals surface area contributed by atoms with Crippen molar-refractivity contribution in [1.29, 1.82) is 0 Å². The van der Waals surface area contributed by atoms with Crippen LogP contribution in [0.5, 0.6) is 11.5 Å². The van der Waals surface area contributed by atoms with Crippen LogP contribution in [-0.2, 0) is 14.3 Å². The summed E-state index contributed by atoms with van der Waals surface area (Å²) in [6, 6.07) is 27.9. The van der Waals surface area contributed by atoms with Gasteiger partial charge in [0.1, 0.15) is 23.5 Å². The number of aryl methyl sites for hydroxylation is 2. The molecule has 0 spiro atoms. The molecule has 0 saturated carbocycles. The van der Waals surface area contributed by atoms with Crippen LogP contribution in [0.25, 0.3) is 10.8 Å². The summed E-state index contributed by atoms with van der Waals surface area (Å²) in [4.78, 5) is 68.6. The van der Waals surface area contributed by atoms with Crippen molar-refractivity contribution in [3.8, 4) is 11.5 Å². The first-order valence-corrected chi connectivity index (χ1v) is 16.8. The highest BCUT2D eigenvalue weighted by Gasteiger charge is 2.52. The number of imide groups is 1. The number of phenols is 1. The van der Waals surface area contributed by atoms with Crippen LogP contribution in [-0.4, -0.2) is 60.1 Å². The average molecular weight is 715 g/mol. The Hall–Kier alpha value is -6.69. The quantitative estimate of drug-likeness (QED) is 0.128. The Balaban J connectivity index is 1.33. The zero-order valence-electron chi connectivity index (χ0n) is 29.9. The second-order valence-electron chi connectivity index (χ2n) is 13.2. The molecular formula is C41H38N4O8. The van der Waals surface area contributed by atoms with Gasteiger partial charge < -0.3 is 19.9 Å². The van der Waals surface area contributed by atoms with Crippen molar-refractivity contribution >= 4 is 57.6 Å². The third-order valence-corrected chi connectivity index (χ3v) is 9.12. The summed E-state index contributed by atoms with van der Waals surface area (Å²) in [6.07, 6.45) is 0. The zero-order chi connectivity index (χ0) is 38.0. The van der Waals surface area contributed by atoms with Crippen molar-refractivity contribution < 1.29 is 38.6 Å². The Morgan fingerprint density at radius 3 is 2.25 bits per heavy atom. The van der Waals surface area contributed by atoms with Gasteiger partial charge in [0.2, 0.25) is 0 Å². The molecule has 2 N–H and O–H groups in total. The van der Waals surface area contributed by atoms with Gasteiger partial charge in [0, 0.05) is 30.4 Å². The minimum absolute atomic E-state index is 0.00417. The van der Waals surface area contributed by atoms with Gasteiger partial charge in [-0.05, 0) is 68.3 Å². The Morgan fingerprint density at radius 2 is 1.53 bits per heavy atom. The fourth-order valence-electron chi connectivity index (χ4n) is 6.18. The number of carbonyl (C=O) groups excluding carboxylic acids is 5. The van der Waals surface area contributed by atoms with E-state index in [1.54, 1.807) is 73.7 Å². The molecule has 4 amide bonds. The van der Waals surface area contributed by atoms with Crippen LogP contribution in [0.3, 0.4) is 0 Å². The summed E-state index contributed by atoms with van der Waals surface area (Å²) in [6.45, 7) is 6.40. The van der Waals surface area contributed by atoms with Crippen molar-refractivity contribution in [3.63, 3.8) is 0 Å². The summed E-state index contributed by atoms with van der Waals surface area (Å²) < 4.78 is 11.2. The van der Waals surface area contributed by atoms with E-state index in [4.69, 9.17) is 9.47 Å². The fourth-order valence-corrected chi connectivity index (χ4v) is 6.18. The summed E-state index contributed by atoms with van der Waals surface area (Å²) in [5.41, 5.74) is 1.63. The van der Waals surface area contributed by atoms with Gasteiger partial charge in [-0.2, -0.15) is 5.01 Å². The van der Waals surface area contributed by atoms with Crippen LogP contribution in [0.2, 0.25) is 0 Å². The highest BCUT2D eigenvalue weighted by atomic mass is 16.5. The highest BCUT2D eigenvalue weighted by molar-refractivity contribution is 6.13. The number of hydrogen-bond donors (Lipinski definition) is 2. The molecule has 1 heterocycles. The molecule has 1 fully saturated rings. The van der Waals surface area contributed by atoms with Gasteiger partial charge in [-0.25, -0.2) is 9.59 Å². The predicted octanol–water partition coefficient (Wildman–Crippen LogP) is 7.02. The van der Waals surface area contributed by atoms with E-state index in [-0.39, 0.29) is 46.9 Å². The molecule has 1 atom stereocenters. The molecule has 53 heavy (non-hydrogen) atoms. The van der Waals surface area contributed by atoms with E-state index in [0.29, 0.717) is 16.8 Å². The van der Waals surface area contributed by atoms with Gasteiger partial charge in [0.25, 0.3) is 11.8 Å². The number of nitrogens with zero attached hydrogens (tertiary/aromatic N) is 3. The van der Waals surface area contributed by atoms with Crippen LogP contribution in [0.4, 0.5) is 21.9 Å². The minimum atomic E-state index is -1.25. The maximum Gasteiger partial charge on any atom is 0.350 e. The SMILES string of the molecule is CC(=O)OCC1(C)CN(c2ccccc2)N(C(=O)N(C)c2ccccc2C(=O)Oc2cc(C(=O)Nc3cc(C)ccc3C)c(O)c3ccccc23)C1=O. The normalized spacial score (nSPS) is 15.3. The smallest absolute Gasteiger partial charge is 0.350 e. The number of rotatable bonds is 8. The van der Waals surface area contributed by atoms with Crippen molar-refractivity contribution in [2.45, 2.75) is 27.7 Å². The van der Waals surface area contributed by atoms with E-state index in [9.17, 15) is 29.1 Å². The van der Waals surface area contributed by atoms with Crippen LogP contribution >= 0.6 is 0 Å². The van der Waals surface area contributed by atoms with Gasteiger partial charge >= 0.3 is 18.0 Å². The number of urea groups is 1. The van der Waals surface area contributed by atoms with Crippen molar-refractivity contribution in [3.05, 3.63) is 125 Å². The number of phenolic OH excluding ortho intramolecular Hbond substituents is 1. The molecule has 0 bridgehead atoms. The molecule has 1 aliphatic rings. The van der Waals surface area contributed by atoms with Crippen molar-refractivity contribution in [1.82, 2.24) is 5.01 Å². The molecule has 12 nitrogen and oxygen atoms in total. The second kappa shape index (κ2) is 14.5. The van der Waals surface area contributed by atoms with Crippen LogP contribution in [0, 0.1) is 19.3 Å². The lowest BCUT2D eigenvalue weighted by Gasteiger charge is -2.31. The standard InChI is InChI=1S/C41H38N4O8/c1-25-19-20-26(2)33(21-25)42-37(48)32-22-35(29-15-9-10-16-30(29)36(32)47)53-38(49)31-17-11-12-18-34(31)43(5)40(51)45-39(50)41(4,24-52-27(3)46)23-44(45)28-13-7-6-8-14-28/h6-22,47H,23-24H2,1-5H3,(H,42,48). The monoisotopic (exact) mass is 714 g/mol. The molecule has 1 aliphatic heterocycles. The molecular weight excluding hydrogens is 676 g/mol. The first-order chi connectivity index (χ1) is 25.3. The van der Waals surface area contributed by atoms with Gasteiger partial charge in [-0.15, -0.1) is 0 Å². The topological polar surface area (TPSA) is 146 Å². The lowest BCUT2D eigenvalue weighted by molar-refractivity contribution is -0.147. The number of ether oxygens (including phenoxy) is 2. The van der Waals surface area contributed by atoms with Crippen molar-refractivity contribution in [2.75, 3.05) is 35.4 Å². The van der Waals surface area contributed by atoms with Crippen LogP contribution in [0.1, 0.15) is 45.7 Å². The number of para-hydroxylation sites is 2. The summed E-state index contributed by atoms with van der Waals surface area (Å²) >= 11 is 0. The van der Waals surface area contributed by atoms with Crippen molar-refractivity contribution in [2.24, 2.45) is 5.41 Å². The molecule has 6 rings (SSSR count). The number of carbonyl (C=O) groups is 5. The first-order valence-electron chi connectivity index (χ1n) is 16.8. The lowest BCUT2D eigenvalue weighted by atomic mass is 9.92. The second-order valence-corrected chi connectivity index (χ2v) is 13.2. The van der Waals surface area contributed by atoms with Crippen LogP contribution in [0.15, 0.2) is 103 Å².